The first-order valence-electron chi connectivity index (χ1n) is 12.3. The third-order valence-electron chi connectivity index (χ3n) is 7.03. The van der Waals surface area contributed by atoms with E-state index in [0.29, 0.717) is 45.8 Å². The number of aryl methyl sites for hydroxylation is 2. The van der Waals surface area contributed by atoms with Gasteiger partial charge in [0.15, 0.2) is 17.5 Å². The van der Waals surface area contributed by atoms with Crippen molar-refractivity contribution in [3.63, 3.8) is 0 Å². The van der Waals surface area contributed by atoms with Crippen LogP contribution in [0.4, 0.5) is 10.2 Å². The van der Waals surface area contributed by atoms with Gasteiger partial charge in [-0.15, -0.1) is 0 Å². The fourth-order valence-electron chi connectivity index (χ4n) is 4.99. The molecule has 8 nitrogen and oxygen atoms in total. The maximum atomic E-state index is 16.0. The number of aromatic nitrogens is 3. The minimum atomic E-state index is -0.481. The lowest BCUT2D eigenvalue weighted by molar-refractivity contribution is -0.000667. The van der Waals surface area contributed by atoms with E-state index in [2.05, 4.69) is 15.5 Å². The average Bonchev–Trinajstić information content (AvgIpc) is 3.20. The smallest absolute Gasteiger partial charge is 0.192 e. The average molecular weight is 516 g/mol. The van der Waals surface area contributed by atoms with Crippen molar-refractivity contribution in [1.29, 1.82) is 0 Å². The predicted octanol–water partition coefficient (Wildman–Crippen LogP) is 4.81. The van der Waals surface area contributed by atoms with Gasteiger partial charge in [-0.1, -0.05) is 16.8 Å². The Bertz CT molecular complexity index is 1220. The van der Waals surface area contributed by atoms with Gasteiger partial charge in [-0.05, 0) is 64.9 Å². The number of halogens is 2. The summed E-state index contributed by atoms with van der Waals surface area (Å²) in [5.41, 5.74) is 2.00. The first kappa shape index (κ1) is 24.9. The Morgan fingerprint density at radius 3 is 2.67 bits per heavy atom. The lowest BCUT2D eigenvalue weighted by Crippen LogP contribution is -2.59. The van der Waals surface area contributed by atoms with E-state index in [1.165, 1.54) is 0 Å². The number of nitrogens with zero attached hydrogens (tertiary/aromatic N) is 4. The Kier molecular flexibility index (Phi) is 7.14. The maximum Gasteiger partial charge on any atom is 0.192 e. The highest BCUT2D eigenvalue weighted by atomic mass is 35.5. The van der Waals surface area contributed by atoms with Crippen molar-refractivity contribution >= 4 is 17.4 Å². The molecule has 0 unspecified atom stereocenters. The summed E-state index contributed by atoms with van der Waals surface area (Å²) in [5, 5.41) is 7.58. The van der Waals surface area contributed by atoms with Crippen LogP contribution in [0, 0.1) is 25.1 Å². The fourth-order valence-corrected chi connectivity index (χ4v) is 5.19. The van der Waals surface area contributed by atoms with E-state index in [1.807, 2.05) is 24.1 Å². The van der Waals surface area contributed by atoms with Gasteiger partial charge in [0, 0.05) is 37.3 Å². The molecule has 10 heteroatoms. The summed E-state index contributed by atoms with van der Waals surface area (Å²) in [6.45, 7) is 7.89. The first-order chi connectivity index (χ1) is 17.4. The quantitative estimate of drug-likeness (QED) is 0.428. The fraction of sp³-hybridized carbons (Fsp3) is 0.500. The zero-order chi connectivity index (χ0) is 25.3. The van der Waals surface area contributed by atoms with Gasteiger partial charge in [0.05, 0.1) is 22.9 Å². The number of hydrogen-bond acceptors (Lipinski definition) is 8. The molecule has 0 atom stereocenters. The SMILES string of the molecule is CNCCCOc1ccc(Cl)c(-c2nc(-c3c(C)noc3C)c(F)c(N3CC4(CCOCC4)C3)n2)c1. The number of rotatable bonds is 8. The number of anilines is 1. The van der Waals surface area contributed by atoms with Crippen LogP contribution in [0.25, 0.3) is 22.6 Å². The molecule has 0 bridgehead atoms. The molecule has 1 spiro atoms. The number of ether oxygens (including phenoxy) is 2. The molecule has 2 aliphatic rings. The van der Waals surface area contributed by atoms with E-state index in [-0.39, 0.29) is 16.9 Å². The molecule has 5 rings (SSSR count). The Morgan fingerprint density at radius 2 is 1.97 bits per heavy atom. The topological polar surface area (TPSA) is 85.5 Å². The Labute approximate surface area is 215 Å². The van der Waals surface area contributed by atoms with Gasteiger partial charge in [-0.2, -0.15) is 0 Å². The molecular formula is C26H31ClFN5O3. The van der Waals surface area contributed by atoms with Gasteiger partial charge < -0.3 is 24.2 Å². The molecule has 0 amide bonds. The van der Waals surface area contributed by atoms with Crippen LogP contribution in [0.15, 0.2) is 22.7 Å². The molecule has 0 radical (unpaired) electrons. The van der Waals surface area contributed by atoms with E-state index in [9.17, 15) is 0 Å². The van der Waals surface area contributed by atoms with Crippen LogP contribution < -0.4 is 15.0 Å². The standard InChI is InChI=1S/C26H31ClFN5O3/c1-16-21(17(2)36-32-16)23-22(28)25(33-14-26(15-33)7-11-34-12-8-26)31-24(30-23)19-13-18(5-6-20(19)27)35-10-4-9-29-3/h5-6,13,29H,4,7-12,14-15H2,1-3H3. The van der Waals surface area contributed by atoms with Gasteiger partial charge >= 0.3 is 0 Å². The summed E-state index contributed by atoms with van der Waals surface area (Å²) in [4.78, 5) is 11.3. The molecule has 2 saturated heterocycles. The Hall–Kier alpha value is -2.75. The van der Waals surface area contributed by atoms with Crippen molar-refractivity contribution in [3.8, 4) is 28.4 Å². The minimum absolute atomic E-state index is 0.151. The molecule has 2 fully saturated rings. The van der Waals surface area contributed by atoms with Gasteiger partial charge in [0.2, 0.25) is 0 Å². The van der Waals surface area contributed by atoms with Crippen LogP contribution in [-0.4, -0.2) is 61.6 Å². The second-order valence-corrected chi connectivity index (χ2v) is 10.1. The summed E-state index contributed by atoms with van der Waals surface area (Å²) in [5.74, 6) is 1.28. The van der Waals surface area contributed by atoms with Crippen LogP contribution in [0.2, 0.25) is 5.02 Å². The molecule has 1 N–H and O–H groups in total. The Morgan fingerprint density at radius 1 is 1.19 bits per heavy atom. The number of benzene rings is 1. The highest BCUT2D eigenvalue weighted by Crippen LogP contribution is 2.44. The molecule has 2 aromatic heterocycles. The van der Waals surface area contributed by atoms with Crippen LogP contribution >= 0.6 is 11.6 Å². The summed E-state index contributed by atoms with van der Waals surface area (Å²) in [6.07, 6.45) is 2.81. The summed E-state index contributed by atoms with van der Waals surface area (Å²) in [7, 11) is 1.91. The molecule has 1 aromatic carbocycles. The summed E-state index contributed by atoms with van der Waals surface area (Å²) in [6, 6.07) is 5.38. The predicted molar refractivity (Wildman–Crippen MR) is 136 cm³/mol. The molecule has 2 aliphatic heterocycles. The number of nitrogens with one attached hydrogen (secondary N) is 1. The second kappa shape index (κ2) is 10.3. The normalized spacial score (nSPS) is 16.9. The largest absolute Gasteiger partial charge is 0.494 e. The molecule has 0 saturated carbocycles. The highest BCUT2D eigenvalue weighted by molar-refractivity contribution is 6.33. The summed E-state index contributed by atoms with van der Waals surface area (Å²) >= 11 is 6.59. The molecule has 3 aromatic rings. The monoisotopic (exact) mass is 515 g/mol. The van der Waals surface area contributed by atoms with E-state index in [1.54, 1.807) is 19.9 Å². The minimum Gasteiger partial charge on any atom is -0.494 e. The van der Waals surface area contributed by atoms with Crippen LogP contribution in [0.1, 0.15) is 30.7 Å². The molecular weight excluding hydrogens is 485 g/mol. The molecule has 192 valence electrons. The van der Waals surface area contributed by atoms with Gasteiger partial charge in [0.25, 0.3) is 0 Å². The third-order valence-corrected chi connectivity index (χ3v) is 7.36. The van der Waals surface area contributed by atoms with E-state index in [4.69, 9.17) is 30.6 Å². The van der Waals surface area contributed by atoms with Crippen molar-refractivity contribution in [2.24, 2.45) is 5.41 Å². The molecule has 0 aliphatic carbocycles. The highest BCUT2D eigenvalue weighted by Gasteiger charge is 2.45. The summed E-state index contributed by atoms with van der Waals surface area (Å²) < 4.78 is 32.8. The lowest BCUT2D eigenvalue weighted by atomic mass is 9.73. The van der Waals surface area contributed by atoms with Crippen molar-refractivity contribution in [2.45, 2.75) is 33.1 Å². The van der Waals surface area contributed by atoms with E-state index < -0.39 is 5.82 Å². The van der Waals surface area contributed by atoms with Gasteiger partial charge in [-0.3, -0.25) is 0 Å². The lowest BCUT2D eigenvalue weighted by Gasteiger charge is -2.52. The number of hydrogen-bond donors (Lipinski definition) is 1. The van der Waals surface area contributed by atoms with Gasteiger partial charge in [-0.25, -0.2) is 14.4 Å². The van der Waals surface area contributed by atoms with Crippen molar-refractivity contribution in [1.82, 2.24) is 20.4 Å². The molecule has 4 heterocycles. The van der Waals surface area contributed by atoms with Crippen molar-refractivity contribution < 1.29 is 18.4 Å². The van der Waals surface area contributed by atoms with Crippen LogP contribution in [-0.2, 0) is 4.74 Å². The molecule has 36 heavy (non-hydrogen) atoms. The zero-order valence-electron chi connectivity index (χ0n) is 20.9. The van der Waals surface area contributed by atoms with E-state index >= 15 is 4.39 Å². The van der Waals surface area contributed by atoms with Crippen LogP contribution in [0.5, 0.6) is 5.75 Å². The van der Waals surface area contributed by atoms with Gasteiger partial charge in [0.1, 0.15) is 17.2 Å². The first-order valence-corrected chi connectivity index (χ1v) is 12.7. The van der Waals surface area contributed by atoms with Crippen LogP contribution in [0.3, 0.4) is 0 Å². The second-order valence-electron chi connectivity index (χ2n) is 9.65. The van der Waals surface area contributed by atoms with E-state index in [0.717, 1.165) is 52.1 Å². The Balaban J connectivity index is 1.54. The third kappa shape index (κ3) is 4.79. The zero-order valence-corrected chi connectivity index (χ0v) is 21.6. The van der Waals surface area contributed by atoms with Crippen molar-refractivity contribution in [3.05, 3.63) is 40.5 Å². The van der Waals surface area contributed by atoms with Crippen molar-refractivity contribution in [2.75, 3.05) is 51.4 Å². The maximum absolute atomic E-state index is 16.0.